The van der Waals surface area contributed by atoms with Crippen LogP contribution < -0.4 is 0 Å². The highest BCUT2D eigenvalue weighted by molar-refractivity contribution is 5.76. The van der Waals surface area contributed by atoms with Crippen molar-refractivity contribution in [3.63, 3.8) is 0 Å². The summed E-state index contributed by atoms with van der Waals surface area (Å²) >= 11 is 0. The summed E-state index contributed by atoms with van der Waals surface area (Å²) in [6.45, 7) is 1.49. The average molecular weight is 240 g/mol. The van der Waals surface area contributed by atoms with Crippen LogP contribution in [0.3, 0.4) is 0 Å². The average Bonchev–Trinajstić information content (AvgIpc) is 2.39. The number of aliphatic hydroxyl groups is 1. The highest BCUT2D eigenvalue weighted by atomic mass is 16.3. The van der Waals surface area contributed by atoms with Crippen molar-refractivity contribution in [2.75, 3.05) is 0 Å². The first-order valence-corrected chi connectivity index (χ1v) is 5.99. The molecule has 92 valence electrons. The lowest BCUT2D eigenvalue weighted by atomic mass is 10.00. The largest absolute Gasteiger partial charge is 0.388 e. The Bertz CT molecular complexity index is 515. The van der Waals surface area contributed by atoms with E-state index in [0.717, 1.165) is 16.7 Å². The minimum Gasteiger partial charge on any atom is -0.388 e. The Morgan fingerprint density at radius 3 is 2.11 bits per heavy atom. The third-order valence-electron chi connectivity index (χ3n) is 2.88. The van der Waals surface area contributed by atoms with E-state index in [1.807, 2.05) is 54.6 Å². The molecule has 0 aliphatic heterocycles. The second-order valence-corrected chi connectivity index (χ2v) is 4.41. The maximum Gasteiger partial charge on any atom is 0.132 e. The van der Waals surface area contributed by atoms with E-state index in [2.05, 4.69) is 0 Å². The number of aliphatic hydroxyl groups excluding tert-OH is 1. The molecule has 0 fully saturated rings. The number of benzene rings is 2. The Labute approximate surface area is 107 Å². The molecule has 0 bridgehead atoms. The number of hydrogen-bond acceptors (Lipinski definition) is 2. The van der Waals surface area contributed by atoms with Crippen LogP contribution in [0, 0.1) is 0 Å². The molecule has 1 atom stereocenters. The van der Waals surface area contributed by atoms with Gasteiger partial charge in [0, 0.05) is 6.42 Å². The van der Waals surface area contributed by atoms with Crippen molar-refractivity contribution >= 4 is 5.78 Å². The monoisotopic (exact) mass is 240 g/mol. The third kappa shape index (κ3) is 3.05. The van der Waals surface area contributed by atoms with Gasteiger partial charge in [0.05, 0.1) is 6.10 Å². The van der Waals surface area contributed by atoms with Crippen molar-refractivity contribution in [1.29, 1.82) is 0 Å². The van der Waals surface area contributed by atoms with E-state index >= 15 is 0 Å². The summed E-state index contributed by atoms with van der Waals surface area (Å²) in [4.78, 5) is 11.0. The van der Waals surface area contributed by atoms with Gasteiger partial charge in [0.2, 0.25) is 0 Å². The summed E-state index contributed by atoms with van der Waals surface area (Å²) in [5, 5.41) is 9.83. The van der Waals surface area contributed by atoms with Gasteiger partial charge in [0.1, 0.15) is 5.78 Å². The zero-order valence-corrected chi connectivity index (χ0v) is 10.3. The van der Waals surface area contributed by atoms with Gasteiger partial charge in [0.25, 0.3) is 0 Å². The standard InChI is InChI=1S/C16H16O2/c1-12(17)11-16(18)15-9-7-14(8-10-15)13-5-3-2-4-6-13/h2-10,16,18H,11H2,1H3/t16-/m1/s1. The maximum atomic E-state index is 11.0. The molecule has 2 aromatic carbocycles. The molecule has 0 saturated heterocycles. The molecule has 0 amide bonds. The number of carbonyl (C=O) groups is 1. The number of Topliss-reactive ketones (excluding diaryl/α,β-unsaturated/α-hetero) is 1. The number of carbonyl (C=O) groups excluding carboxylic acids is 1. The van der Waals surface area contributed by atoms with E-state index in [4.69, 9.17) is 0 Å². The topological polar surface area (TPSA) is 37.3 Å². The summed E-state index contributed by atoms with van der Waals surface area (Å²) < 4.78 is 0. The number of hydrogen-bond donors (Lipinski definition) is 1. The lowest BCUT2D eigenvalue weighted by Crippen LogP contribution is -2.02. The Morgan fingerprint density at radius 2 is 1.56 bits per heavy atom. The normalized spacial score (nSPS) is 12.1. The Hall–Kier alpha value is -1.93. The Morgan fingerprint density at radius 1 is 1.00 bits per heavy atom. The molecule has 2 heteroatoms. The molecule has 0 unspecified atom stereocenters. The first kappa shape index (κ1) is 12.5. The van der Waals surface area contributed by atoms with E-state index in [9.17, 15) is 9.90 Å². The van der Waals surface area contributed by atoms with E-state index in [0.29, 0.717) is 0 Å². The van der Waals surface area contributed by atoms with Crippen LogP contribution in [0.5, 0.6) is 0 Å². The van der Waals surface area contributed by atoms with Gasteiger partial charge in [-0.1, -0.05) is 54.6 Å². The van der Waals surface area contributed by atoms with Crippen molar-refractivity contribution in [3.8, 4) is 11.1 Å². The summed E-state index contributed by atoms with van der Waals surface area (Å²) in [5.41, 5.74) is 3.03. The van der Waals surface area contributed by atoms with Gasteiger partial charge in [-0.25, -0.2) is 0 Å². The SMILES string of the molecule is CC(=O)C[C@@H](O)c1ccc(-c2ccccc2)cc1. The molecule has 0 aromatic heterocycles. The first-order chi connectivity index (χ1) is 8.66. The molecular weight excluding hydrogens is 224 g/mol. The number of ketones is 1. The smallest absolute Gasteiger partial charge is 0.132 e. The molecule has 1 N–H and O–H groups in total. The quantitative estimate of drug-likeness (QED) is 0.889. The van der Waals surface area contributed by atoms with Crippen LogP contribution in [0.15, 0.2) is 54.6 Å². The highest BCUT2D eigenvalue weighted by Gasteiger charge is 2.09. The zero-order chi connectivity index (χ0) is 13.0. The highest BCUT2D eigenvalue weighted by Crippen LogP contribution is 2.23. The minimum atomic E-state index is -0.702. The minimum absolute atomic E-state index is 0.00497. The van der Waals surface area contributed by atoms with Crippen molar-refractivity contribution in [3.05, 3.63) is 60.2 Å². The van der Waals surface area contributed by atoms with Crippen molar-refractivity contribution in [2.45, 2.75) is 19.4 Å². The lowest BCUT2D eigenvalue weighted by Gasteiger charge is -2.10. The molecular formula is C16H16O2. The Kier molecular flexibility index (Phi) is 3.90. The second-order valence-electron chi connectivity index (χ2n) is 4.41. The lowest BCUT2D eigenvalue weighted by molar-refractivity contribution is -0.118. The predicted molar refractivity (Wildman–Crippen MR) is 72.1 cm³/mol. The third-order valence-corrected chi connectivity index (χ3v) is 2.88. The summed E-state index contributed by atoms with van der Waals surface area (Å²) in [5.74, 6) is -0.00497. The molecule has 0 aliphatic carbocycles. The number of rotatable bonds is 4. The fourth-order valence-electron chi connectivity index (χ4n) is 1.92. The second kappa shape index (κ2) is 5.61. The van der Waals surface area contributed by atoms with Crippen LogP contribution in [0.2, 0.25) is 0 Å². The van der Waals surface area contributed by atoms with Crippen molar-refractivity contribution in [1.82, 2.24) is 0 Å². The van der Waals surface area contributed by atoms with Crippen LogP contribution in [-0.2, 0) is 4.79 Å². The van der Waals surface area contributed by atoms with E-state index in [-0.39, 0.29) is 12.2 Å². The summed E-state index contributed by atoms with van der Waals surface area (Å²) in [6.07, 6.45) is -0.530. The molecule has 0 heterocycles. The van der Waals surface area contributed by atoms with Crippen LogP contribution >= 0.6 is 0 Å². The molecule has 2 nitrogen and oxygen atoms in total. The van der Waals surface area contributed by atoms with Gasteiger partial charge in [-0.2, -0.15) is 0 Å². The van der Waals surface area contributed by atoms with Crippen LogP contribution in [0.1, 0.15) is 25.0 Å². The van der Waals surface area contributed by atoms with Crippen molar-refractivity contribution in [2.24, 2.45) is 0 Å². The first-order valence-electron chi connectivity index (χ1n) is 5.99. The molecule has 2 aromatic rings. The molecule has 0 aliphatic rings. The fourth-order valence-corrected chi connectivity index (χ4v) is 1.92. The molecule has 0 saturated carbocycles. The van der Waals surface area contributed by atoms with E-state index < -0.39 is 6.10 Å². The fraction of sp³-hybridized carbons (Fsp3) is 0.188. The van der Waals surface area contributed by atoms with Gasteiger partial charge in [0.15, 0.2) is 0 Å². The van der Waals surface area contributed by atoms with Gasteiger partial charge >= 0.3 is 0 Å². The summed E-state index contributed by atoms with van der Waals surface area (Å²) in [7, 11) is 0. The van der Waals surface area contributed by atoms with Crippen LogP contribution in [0.25, 0.3) is 11.1 Å². The predicted octanol–water partition coefficient (Wildman–Crippen LogP) is 3.37. The molecule has 18 heavy (non-hydrogen) atoms. The van der Waals surface area contributed by atoms with E-state index in [1.165, 1.54) is 6.92 Å². The zero-order valence-electron chi connectivity index (χ0n) is 10.3. The molecule has 2 rings (SSSR count). The van der Waals surface area contributed by atoms with Gasteiger partial charge in [-0.05, 0) is 23.6 Å². The van der Waals surface area contributed by atoms with Crippen LogP contribution in [-0.4, -0.2) is 10.9 Å². The molecule has 0 radical (unpaired) electrons. The Balaban J connectivity index is 2.18. The van der Waals surface area contributed by atoms with Crippen molar-refractivity contribution < 1.29 is 9.90 Å². The molecule has 0 spiro atoms. The van der Waals surface area contributed by atoms with E-state index in [1.54, 1.807) is 0 Å². The summed E-state index contributed by atoms with van der Waals surface area (Å²) in [6, 6.07) is 17.7. The van der Waals surface area contributed by atoms with Gasteiger partial charge in [-0.3, -0.25) is 4.79 Å². The van der Waals surface area contributed by atoms with Gasteiger partial charge in [-0.15, -0.1) is 0 Å². The van der Waals surface area contributed by atoms with Crippen LogP contribution in [0.4, 0.5) is 0 Å². The van der Waals surface area contributed by atoms with Gasteiger partial charge < -0.3 is 5.11 Å². The maximum absolute atomic E-state index is 11.0.